The molecule has 146 valence electrons. The molecule has 28 heavy (non-hydrogen) atoms. The average Bonchev–Trinajstić information content (AvgIpc) is 2.67. The minimum Gasteiger partial charge on any atom is -0.491 e. The number of aryl methyl sites for hydroxylation is 3. The van der Waals surface area contributed by atoms with Gasteiger partial charge in [0.15, 0.2) is 0 Å². The zero-order chi connectivity index (χ0) is 20.1. The Morgan fingerprint density at radius 3 is 2.54 bits per heavy atom. The molecule has 0 atom stereocenters. The fraction of sp³-hybridized carbons (Fsp3) is 0.318. The lowest BCUT2D eigenvalue weighted by Gasteiger charge is -2.13. The van der Waals surface area contributed by atoms with Gasteiger partial charge in [-0.15, -0.1) is 0 Å². The third-order valence-corrected chi connectivity index (χ3v) is 4.69. The molecule has 0 fully saturated rings. The third kappa shape index (κ3) is 4.39. The first kappa shape index (κ1) is 19.6. The number of hydrogen-bond acceptors (Lipinski definition) is 4. The van der Waals surface area contributed by atoms with Crippen molar-refractivity contribution in [3.05, 3.63) is 69.8 Å². The van der Waals surface area contributed by atoms with Crippen LogP contribution in [0.1, 0.15) is 23.4 Å². The van der Waals surface area contributed by atoms with E-state index in [1.165, 1.54) is 0 Å². The molecular weight excluding hydrogens is 354 g/mol. The second kappa shape index (κ2) is 8.69. The molecule has 3 rings (SSSR count). The van der Waals surface area contributed by atoms with Gasteiger partial charge in [-0.05, 0) is 44.0 Å². The number of nitrogens with zero attached hydrogens (tertiary/aromatic N) is 2. The standard InChI is InChI=1S/C22H25N3O3/c1-15-7-6-8-16(2)21(15)28-14-12-23-20(26)11-13-25-17(3)24-19-10-5-4-9-18(19)22(25)27/h4-10H,11-14H2,1-3H3,(H,23,26). The zero-order valence-corrected chi connectivity index (χ0v) is 16.5. The summed E-state index contributed by atoms with van der Waals surface area (Å²) in [5.41, 5.74) is 2.71. The van der Waals surface area contributed by atoms with Crippen molar-refractivity contribution in [1.82, 2.24) is 14.9 Å². The molecule has 0 aliphatic carbocycles. The van der Waals surface area contributed by atoms with Crippen molar-refractivity contribution in [2.24, 2.45) is 0 Å². The number of aromatic nitrogens is 2. The van der Waals surface area contributed by atoms with E-state index in [-0.39, 0.29) is 17.9 Å². The van der Waals surface area contributed by atoms with Gasteiger partial charge in [0, 0.05) is 13.0 Å². The van der Waals surface area contributed by atoms with E-state index in [0.717, 1.165) is 16.9 Å². The van der Waals surface area contributed by atoms with Gasteiger partial charge in [-0.25, -0.2) is 4.98 Å². The molecule has 6 nitrogen and oxygen atoms in total. The predicted octanol–water partition coefficient (Wildman–Crippen LogP) is 2.91. The molecule has 0 aliphatic heterocycles. The summed E-state index contributed by atoms with van der Waals surface area (Å²) in [6.45, 7) is 6.89. The minimum atomic E-state index is -0.121. The second-order valence-corrected chi connectivity index (χ2v) is 6.80. The minimum absolute atomic E-state index is 0.116. The van der Waals surface area contributed by atoms with Crippen molar-refractivity contribution < 1.29 is 9.53 Å². The Balaban J connectivity index is 1.52. The number of amides is 1. The van der Waals surface area contributed by atoms with E-state index in [9.17, 15) is 9.59 Å². The quantitative estimate of drug-likeness (QED) is 0.641. The summed E-state index contributed by atoms with van der Waals surface area (Å²) in [6, 6.07) is 13.2. The number of ether oxygens (including phenoxy) is 1. The van der Waals surface area contributed by atoms with E-state index >= 15 is 0 Å². The van der Waals surface area contributed by atoms with E-state index in [0.29, 0.717) is 36.4 Å². The summed E-state index contributed by atoms with van der Waals surface area (Å²) < 4.78 is 7.34. The maximum absolute atomic E-state index is 12.6. The highest BCUT2D eigenvalue weighted by Gasteiger charge is 2.10. The number of para-hydroxylation sites is 2. The van der Waals surface area contributed by atoms with E-state index in [1.807, 2.05) is 50.2 Å². The van der Waals surface area contributed by atoms with Crippen molar-refractivity contribution in [1.29, 1.82) is 0 Å². The van der Waals surface area contributed by atoms with Gasteiger partial charge in [0.25, 0.3) is 5.56 Å². The van der Waals surface area contributed by atoms with E-state index in [2.05, 4.69) is 10.3 Å². The zero-order valence-electron chi connectivity index (χ0n) is 16.5. The topological polar surface area (TPSA) is 73.2 Å². The second-order valence-electron chi connectivity index (χ2n) is 6.80. The Hall–Kier alpha value is -3.15. The molecule has 6 heteroatoms. The predicted molar refractivity (Wildman–Crippen MR) is 110 cm³/mol. The SMILES string of the molecule is Cc1cccc(C)c1OCCNC(=O)CCn1c(C)nc2ccccc2c1=O. The number of rotatable bonds is 7. The van der Waals surface area contributed by atoms with Gasteiger partial charge in [0.2, 0.25) is 5.91 Å². The van der Waals surface area contributed by atoms with Gasteiger partial charge in [0.05, 0.1) is 17.4 Å². The lowest BCUT2D eigenvalue weighted by atomic mass is 10.1. The molecule has 0 saturated heterocycles. The maximum atomic E-state index is 12.6. The van der Waals surface area contributed by atoms with Gasteiger partial charge < -0.3 is 10.1 Å². The Kier molecular flexibility index (Phi) is 6.09. The van der Waals surface area contributed by atoms with Crippen LogP contribution in [0.15, 0.2) is 47.3 Å². The van der Waals surface area contributed by atoms with Crippen LogP contribution >= 0.6 is 0 Å². The van der Waals surface area contributed by atoms with Gasteiger partial charge >= 0.3 is 0 Å². The largest absolute Gasteiger partial charge is 0.491 e. The van der Waals surface area contributed by atoms with Crippen LogP contribution < -0.4 is 15.6 Å². The van der Waals surface area contributed by atoms with Crippen LogP contribution in [0.25, 0.3) is 10.9 Å². The molecule has 1 amide bonds. The maximum Gasteiger partial charge on any atom is 0.261 e. The molecule has 3 aromatic rings. The molecule has 0 unspecified atom stereocenters. The number of carbonyl (C=O) groups excluding carboxylic acids is 1. The molecule has 0 aliphatic rings. The number of benzene rings is 2. The van der Waals surface area contributed by atoms with Crippen LogP contribution in [-0.2, 0) is 11.3 Å². The van der Waals surface area contributed by atoms with Crippen LogP contribution in [0.5, 0.6) is 5.75 Å². The van der Waals surface area contributed by atoms with Crippen molar-refractivity contribution in [3.63, 3.8) is 0 Å². The van der Waals surface area contributed by atoms with Gasteiger partial charge in [0.1, 0.15) is 18.2 Å². The molecule has 0 radical (unpaired) electrons. The molecule has 0 saturated carbocycles. The Morgan fingerprint density at radius 1 is 1.07 bits per heavy atom. The van der Waals surface area contributed by atoms with Gasteiger partial charge in [-0.3, -0.25) is 14.2 Å². The fourth-order valence-electron chi connectivity index (χ4n) is 3.21. The van der Waals surface area contributed by atoms with Crippen molar-refractivity contribution in [2.75, 3.05) is 13.2 Å². The number of carbonyl (C=O) groups is 1. The van der Waals surface area contributed by atoms with Gasteiger partial charge in [-0.1, -0.05) is 30.3 Å². The van der Waals surface area contributed by atoms with E-state index < -0.39 is 0 Å². The Bertz CT molecular complexity index is 1040. The highest BCUT2D eigenvalue weighted by atomic mass is 16.5. The molecule has 2 aromatic carbocycles. The molecule has 1 aromatic heterocycles. The van der Waals surface area contributed by atoms with Crippen LogP contribution in [-0.4, -0.2) is 28.6 Å². The lowest BCUT2D eigenvalue weighted by molar-refractivity contribution is -0.121. The smallest absolute Gasteiger partial charge is 0.261 e. The van der Waals surface area contributed by atoms with Crippen LogP contribution in [0.3, 0.4) is 0 Å². The van der Waals surface area contributed by atoms with Crippen LogP contribution in [0.2, 0.25) is 0 Å². The first-order valence-electron chi connectivity index (χ1n) is 9.39. The number of fused-ring (bicyclic) bond motifs is 1. The van der Waals surface area contributed by atoms with Crippen molar-refractivity contribution in [3.8, 4) is 5.75 Å². The molecular formula is C22H25N3O3. The molecule has 1 N–H and O–H groups in total. The summed E-state index contributed by atoms with van der Waals surface area (Å²) in [4.78, 5) is 29.2. The lowest BCUT2D eigenvalue weighted by Crippen LogP contribution is -2.31. The highest BCUT2D eigenvalue weighted by molar-refractivity contribution is 5.78. The van der Waals surface area contributed by atoms with Crippen molar-refractivity contribution >= 4 is 16.8 Å². The van der Waals surface area contributed by atoms with Crippen LogP contribution in [0, 0.1) is 20.8 Å². The van der Waals surface area contributed by atoms with Crippen molar-refractivity contribution in [2.45, 2.75) is 33.7 Å². The Labute approximate surface area is 164 Å². The first-order chi connectivity index (χ1) is 13.5. The van der Waals surface area contributed by atoms with E-state index in [4.69, 9.17) is 4.74 Å². The summed E-state index contributed by atoms with van der Waals surface area (Å²) in [5, 5.41) is 3.40. The summed E-state index contributed by atoms with van der Waals surface area (Å²) in [5.74, 6) is 1.35. The monoisotopic (exact) mass is 379 g/mol. The normalized spacial score (nSPS) is 10.8. The van der Waals surface area contributed by atoms with E-state index in [1.54, 1.807) is 17.6 Å². The first-order valence-corrected chi connectivity index (χ1v) is 9.39. The van der Waals surface area contributed by atoms with Gasteiger partial charge in [-0.2, -0.15) is 0 Å². The summed E-state index contributed by atoms with van der Waals surface area (Å²) in [7, 11) is 0. The van der Waals surface area contributed by atoms with Crippen LogP contribution in [0.4, 0.5) is 0 Å². The number of nitrogens with one attached hydrogen (secondary N) is 1. The summed E-state index contributed by atoms with van der Waals surface area (Å²) in [6.07, 6.45) is 0.212. The Morgan fingerprint density at radius 2 is 1.79 bits per heavy atom. The highest BCUT2D eigenvalue weighted by Crippen LogP contribution is 2.21. The third-order valence-electron chi connectivity index (χ3n) is 4.69. The average molecular weight is 379 g/mol. The summed E-state index contributed by atoms with van der Waals surface area (Å²) >= 11 is 0. The number of hydrogen-bond donors (Lipinski definition) is 1. The molecule has 0 spiro atoms. The fourth-order valence-corrected chi connectivity index (χ4v) is 3.21. The molecule has 1 heterocycles. The molecule has 0 bridgehead atoms.